The number of rotatable bonds is 4. The SMILES string of the molecule is COc1ccc(-c2noc(CC(C)=O)n2)nn1. The molecule has 0 spiro atoms. The van der Waals surface area contributed by atoms with Crippen molar-refractivity contribution < 1.29 is 14.1 Å². The number of ketones is 1. The fraction of sp³-hybridized carbons (Fsp3) is 0.300. The molecule has 88 valence electrons. The van der Waals surface area contributed by atoms with Crippen LogP contribution < -0.4 is 4.74 Å². The molecule has 0 aromatic carbocycles. The first-order chi connectivity index (χ1) is 8.19. The van der Waals surface area contributed by atoms with E-state index in [-0.39, 0.29) is 18.1 Å². The van der Waals surface area contributed by atoms with Crippen LogP contribution in [0.1, 0.15) is 12.8 Å². The molecule has 0 atom stereocenters. The summed E-state index contributed by atoms with van der Waals surface area (Å²) in [4.78, 5) is 14.9. The van der Waals surface area contributed by atoms with Gasteiger partial charge in [-0.2, -0.15) is 4.98 Å². The predicted octanol–water partition coefficient (Wildman–Crippen LogP) is 0.667. The van der Waals surface area contributed by atoms with Gasteiger partial charge in [-0.1, -0.05) is 5.16 Å². The molecule has 0 amide bonds. The lowest BCUT2D eigenvalue weighted by Crippen LogP contribution is -1.96. The van der Waals surface area contributed by atoms with Crippen molar-refractivity contribution in [1.29, 1.82) is 0 Å². The third-order valence-electron chi connectivity index (χ3n) is 1.95. The second-order valence-corrected chi connectivity index (χ2v) is 3.35. The number of carbonyl (C=O) groups is 1. The van der Waals surface area contributed by atoms with E-state index in [9.17, 15) is 4.79 Å². The Kier molecular flexibility index (Phi) is 3.08. The Hall–Kier alpha value is -2.31. The van der Waals surface area contributed by atoms with Crippen LogP contribution in [0, 0.1) is 0 Å². The van der Waals surface area contributed by atoms with Gasteiger partial charge in [0.1, 0.15) is 11.5 Å². The number of ether oxygens (including phenoxy) is 1. The van der Waals surface area contributed by atoms with E-state index in [0.29, 0.717) is 17.4 Å². The van der Waals surface area contributed by atoms with Gasteiger partial charge in [0.2, 0.25) is 17.6 Å². The van der Waals surface area contributed by atoms with E-state index in [4.69, 9.17) is 9.26 Å². The van der Waals surface area contributed by atoms with Crippen LogP contribution in [-0.2, 0) is 11.2 Å². The first-order valence-corrected chi connectivity index (χ1v) is 4.89. The quantitative estimate of drug-likeness (QED) is 0.767. The lowest BCUT2D eigenvalue weighted by Gasteiger charge is -1.96. The standard InChI is InChI=1S/C10H10N4O3/c1-6(15)5-9-11-10(14-17-9)7-3-4-8(16-2)13-12-7/h3-4H,5H2,1-2H3. The van der Waals surface area contributed by atoms with E-state index in [1.54, 1.807) is 12.1 Å². The van der Waals surface area contributed by atoms with Crippen molar-refractivity contribution in [2.24, 2.45) is 0 Å². The van der Waals surface area contributed by atoms with Crippen molar-refractivity contribution in [3.63, 3.8) is 0 Å². The lowest BCUT2D eigenvalue weighted by molar-refractivity contribution is -0.116. The zero-order valence-electron chi connectivity index (χ0n) is 9.38. The monoisotopic (exact) mass is 234 g/mol. The first kappa shape index (κ1) is 11.2. The Bertz CT molecular complexity index is 521. The molecule has 7 heteroatoms. The maximum Gasteiger partial charge on any atom is 0.234 e. The highest BCUT2D eigenvalue weighted by Gasteiger charge is 2.11. The zero-order valence-corrected chi connectivity index (χ0v) is 9.38. The Balaban J connectivity index is 2.21. The minimum absolute atomic E-state index is 0.0407. The molecule has 0 bridgehead atoms. The average Bonchev–Trinajstić information content (AvgIpc) is 2.77. The van der Waals surface area contributed by atoms with E-state index in [0.717, 1.165) is 0 Å². The predicted molar refractivity (Wildman–Crippen MR) is 56.3 cm³/mol. The first-order valence-electron chi connectivity index (χ1n) is 4.89. The molecule has 2 rings (SSSR count). The fourth-order valence-electron chi connectivity index (χ4n) is 1.19. The van der Waals surface area contributed by atoms with Gasteiger partial charge in [0.05, 0.1) is 13.5 Å². The van der Waals surface area contributed by atoms with E-state index in [1.165, 1.54) is 14.0 Å². The summed E-state index contributed by atoms with van der Waals surface area (Å²) in [5.41, 5.74) is 0.462. The average molecular weight is 234 g/mol. The van der Waals surface area contributed by atoms with Crippen molar-refractivity contribution in [1.82, 2.24) is 20.3 Å². The van der Waals surface area contributed by atoms with Gasteiger partial charge in [0.15, 0.2) is 0 Å². The van der Waals surface area contributed by atoms with Crippen molar-refractivity contribution in [3.8, 4) is 17.4 Å². The van der Waals surface area contributed by atoms with Gasteiger partial charge in [-0.15, -0.1) is 10.2 Å². The van der Waals surface area contributed by atoms with Crippen LogP contribution in [0.2, 0.25) is 0 Å². The van der Waals surface area contributed by atoms with Crippen molar-refractivity contribution in [2.45, 2.75) is 13.3 Å². The summed E-state index contributed by atoms with van der Waals surface area (Å²) in [5, 5.41) is 11.4. The maximum absolute atomic E-state index is 10.9. The molecule has 0 unspecified atom stereocenters. The number of Topliss-reactive ketones (excluding diaryl/α,β-unsaturated/α-hetero) is 1. The molecule has 0 saturated heterocycles. The third kappa shape index (κ3) is 2.63. The number of methoxy groups -OCH3 is 1. The molecule has 2 aromatic rings. The molecule has 0 N–H and O–H groups in total. The smallest absolute Gasteiger partial charge is 0.234 e. The summed E-state index contributed by atoms with van der Waals surface area (Å²) in [5.74, 6) is 0.934. The molecular formula is C10H10N4O3. The van der Waals surface area contributed by atoms with Crippen LogP contribution in [-0.4, -0.2) is 33.2 Å². The van der Waals surface area contributed by atoms with Crippen molar-refractivity contribution in [2.75, 3.05) is 7.11 Å². The van der Waals surface area contributed by atoms with Gasteiger partial charge in [0, 0.05) is 6.07 Å². The van der Waals surface area contributed by atoms with Gasteiger partial charge in [-0.05, 0) is 13.0 Å². The number of nitrogens with zero attached hydrogens (tertiary/aromatic N) is 4. The summed E-state index contributed by atoms with van der Waals surface area (Å²) < 4.78 is 9.79. The van der Waals surface area contributed by atoms with Gasteiger partial charge in [0.25, 0.3) is 0 Å². The van der Waals surface area contributed by atoms with Crippen LogP contribution >= 0.6 is 0 Å². The Morgan fingerprint density at radius 1 is 1.41 bits per heavy atom. The van der Waals surface area contributed by atoms with E-state index in [1.807, 2.05) is 0 Å². The van der Waals surface area contributed by atoms with Crippen molar-refractivity contribution >= 4 is 5.78 Å². The minimum atomic E-state index is -0.0407. The summed E-state index contributed by atoms with van der Waals surface area (Å²) in [6, 6.07) is 3.30. The van der Waals surface area contributed by atoms with Gasteiger partial charge in [-0.25, -0.2) is 0 Å². The number of hydrogen-bond acceptors (Lipinski definition) is 7. The van der Waals surface area contributed by atoms with Gasteiger partial charge < -0.3 is 9.26 Å². The van der Waals surface area contributed by atoms with Crippen LogP contribution in [0.4, 0.5) is 0 Å². The molecular weight excluding hydrogens is 224 g/mol. The molecule has 0 saturated carbocycles. The molecule has 17 heavy (non-hydrogen) atoms. The second-order valence-electron chi connectivity index (χ2n) is 3.35. The largest absolute Gasteiger partial charge is 0.480 e. The Morgan fingerprint density at radius 2 is 2.24 bits per heavy atom. The normalized spacial score (nSPS) is 10.2. The molecule has 7 nitrogen and oxygen atoms in total. The molecule has 2 aromatic heterocycles. The Morgan fingerprint density at radius 3 is 2.82 bits per heavy atom. The number of aromatic nitrogens is 4. The van der Waals surface area contributed by atoms with Gasteiger partial charge >= 0.3 is 0 Å². The zero-order chi connectivity index (χ0) is 12.3. The fourth-order valence-corrected chi connectivity index (χ4v) is 1.19. The van der Waals surface area contributed by atoms with Crippen molar-refractivity contribution in [3.05, 3.63) is 18.0 Å². The summed E-state index contributed by atoms with van der Waals surface area (Å²) in [6.45, 7) is 1.46. The number of carbonyl (C=O) groups excluding carboxylic acids is 1. The highest BCUT2D eigenvalue weighted by atomic mass is 16.5. The van der Waals surface area contributed by atoms with Crippen LogP contribution in [0.25, 0.3) is 11.5 Å². The highest BCUT2D eigenvalue weighted by molar-refractivity contribution is 5.77. The van der Waals surface area contributed by atoms with E-state index < -0.39 is 0 Å². The van der Waals surface area contributed by atoms with Crippen LogP contribution in [0.15, 0.2) is 16.7 Å². The van der Waals surface area contributed by atoms with Gasteiger partial charge in [-0.3, -0.25) is 4.79 Å². The summed E-state index contributed by atoms with van der Waals surface area (Å²) in [6.07, 6.45) is 0.122. The van der Waals surface area contributed by atoms with Crippen LogP contribution in [0.5, 0.6) is 5.88 Å². The number of hydrogen-bond donors (Lipinski definition) is 0. The Labute approximate surface area is 96.8 Å². The maximum atomic E-state index is 10.9. The molecule has 0 radical (unpaired) electrons. The second kappa shape index (κ2) is 4.69. The molecule has 0 aliphatic carbocycles. The molecule has 0 fully saturated rings. The van der Waals surface area contributed by atoms with E-state index >= 15 is 0 Å². The lowest BCUT2D eigenvalue weighted by atomic mass is 10.3. The molecule has 0 aliphatic rings. The topological polar surface area (TPSA) is 91.0 Å². The summed E-state index contributed by atoms with van der Waals surface area (Å²) in [7, 11) is 1.50. The highest BCUT2D eigenvalue weighted by Crippen LogP contribution is 2.14. The van der Waals surface area contributed by atoms with Crippen LogP contribution in [0.3, 0.4) is 0 Å². The molecule has 0 aliphatic heterocycles. The third-order valence-corrected chi connectivity index (χ3v) is 1.95. The van der Waals surface area contributed by atoms with E-state index in [2.05, 4.69) is 20.3 Å². The molecule has 2 heterocycles. The summed E-state index contributed by atoms with van der Waals surface area (Å²) >= 11 is 0. The minimum Gasteiger partial charge on any atom is -0.480 e.